The Balaban J connectivity index is 1.63. The minimum atomic E-state index is -0.0921. The molecule has 0 aliphatic carbocycles. The van der Waals surface area contributed by atoms with Crippen LogP contribution >= 0.6 is 34.4 Å². The van der Waals surface area contributed by atoms with Crippen molar-refractivity contribution < 1.29 is 9.21 Å². The van der Waals surface area contributed by atoms with Gasteiger partial charge in [0, 0.05) is 39.7 Å². The molecule has 0 saturated carbocycles. The van der Waals surface area contributed by atoms with E-state index in [0.29, 0.717) is 18.1 Å². The summed E-state index contributed by atoms with van der Waals surface area (Å²) in [7, 11) is 1.82. The number of thioether (sulfide) groups is 1. The molecule has 0 aliphatic heterocycles. The normalized spacial score (nSPS) is 11.2. The molecule has 1 aromatic carbocycles. The molecule has 0 saturated heterocycles. The number of amides is 1. The molecule has 4 nitrogen and oxygen atoms in total. The summed E-state index contributed by atoms with van der Waals surface area (Å²) in [6.07, 6.45) is 0. The number of rotatable bonds is 6. The largest absolute Gasteiger partial charge is 0.451 e. The predicted octanol–water partition coefficient (Wildman–Crippen LogP) is 5.82. The van der Waals surface area contributed by atoms with Gasteiger partial charge in [0.05, 0.1) is 6.54 Å². The van der Waals surface area contributed by atoms with Crippen LogP contribution in [0.1, 0.15) is 26.7 Å². The summed E-state index contributed by atoms with van der Waals surface area (Å²) in [6, 6.07) is 11.9. The number of nitrogens with zero attached hydrogens (tertiary/aromatic N) is 2. The van der Waals surface area contributed by atoms with Crippen LogP contribution in [0.15, 0.2) is 55.9 Å². The molecule has 27 heavy (non-hydrogen) atoms. The van der Waals surface area contributed by atoms with Crippen LogP contribution in [0.3, 0.4) is 0 Å². The number of fused-ring (bicyclic) bond motifs is 1. The zero-order valence-electron chi connectivity index (χ0n) is 15.0. The number of hydrogen-bond acceptors (Lipinski definition) is 6. The minimum absolute atomic E-state index is 0.0921. The molecular weight excluding hydrogens is 396 g/mol. The zero-order valence-corrected chi connectivity index (χ0v) is 17.4. The van der Waals surface area contributed by atoms with E-state index in [2.05, 4.69) is 4.98 Å². The lowest BCUT2D eigenvalue weighted by molar-refractivity contribution is 0.0756. The van der Waals surface area contributed by atoms with Crippen LogP contribution < -0.4 is 0 Å². The number of aryl methyl sites for hydroxylation is 1. The number of benzene rings is 1. The highest BCUT2D eigenvalue weighted by Crippen LogP contribution is 2.34. The molecule has 0 fully saturated rings. The van der Waals surface area contributed by atoms with E-state index in [1.165, 1.54) is 0 Å². The Labute approximate surface area is 169 Å². The molecule has 0 aliphatic rings. The quantitative estimate of drug-likeness (QED) is 0.373. The second-order valence-electron chi connectivity index (χ2n) is 6.19. The van der Waals surface area contributed by atoms with Gasteiger partial charge in [0.1, 0.15) is 9.92 Å². The smallest absolute Gasteiger partial charge is 0.290 e. The molecule has 3 heterocycles. The van der Waals surface area contributed by atoms with E-state index >= 15 is 0 Å². The Kier molecular flexibility index (Phi) is 5.33. The van der Waals surface area contributed by atoms with Crippen LogP contribution in [0.2, 0.25) is 0 Å². The number of para-hydroxylation sites is 1. The summed E-state index contributed by atoms with van der Waals surface area (Å²) in [5, 5.41) is 5.05. The fourth-order valence-corrected chi connectivity index (χ4v) is 5.46. The summed E-state index contributed by atoms with van der Waals surface area (Å²) in [6.45, 7) is 2.56. The van der Waals surface area contributed by atoms with Crippen LogP contribution in [-0.4, -0.2) is 22.8 Å². The van der Waals surface area contributed by atoms with Crippen LogP contribution in [0, 0.1) is 6.92 Å². The molecule has 1 amide bonds. The topological polar surface area (TPSA) is 46.3 Å². The summed E-state index contributed by atoms with van der Waals surface area (Å²) >= 11 is 4.92. The Bertz CT molecular complexity index is 1070. The number of carbonyl (C=O) groups excluding carboxylic acids is 1. The first-order valence-electron chi connectivity index (χ1n) is 8.45. The van der Waals surface area contributed by atoms with Gasteiger partial charge in [0.2, 0.25) is 0 Å². The molecule has 4 rings (SSSR count). The van der Waals surface area contributed by atoms with E-state index in [0.717, 1.165) is 31.4 Å². The highest BCUT2D eigenvalue weighted by Gasteiger charge is 2.24. The maximum Gasteiger partial charge on any atom is 0.290 e. The third kappa shape index (κ3) is 3.95. The number of thiophene rings is 1. The third-order valence-electron chi connectivity index (χ3n) is 4.15. The molecule has 4 aromatic rings. The van der Waals surface area contributed by atoms with Crippen molar-refractivity contribution in [3.63, 3.8) is 0 Å². The zero-order chi connectivity index (χ0) is 18.8. The molecule has 0 unspecified atom stereocenters. The Morgan fingerprint density at radius 2 is 2.07 bits per heavy atom. The molecule has 0 N–H and O–H groups in total. The van der Waals surface area contributed by atoms with Gasteiger partial charge in [-0.2, -0.15) is 0 Å². The van der Waals surface area contributed by atoms with Crippen molar-refractivity contribution in [3.8, 4) is 0 Å². The Morgan fingerprint density at radius 1 is 1.22 bits per heavy atom. The van der Waals surface area contributed by atoms with E-state index < -0.39 is 0 Å². The summed E-state index contributed by atoms with van der Waals surface area (Å²) in [4.78, 5) is 20.5. The first-order valence-corrected chi connectivity index (χ1v) is 11.2. The molecule has 3 aromatic heterocycles. The molecule has 0 radical (unpaired) electrons. The maximum absolute atomic E-state index is 13.1. The molecule has 7 heteroatoms. The maximum atomic E-state index is 13.1. The van der Waals surface area contributed by atoms with Crippen molar-refractivity contribution in [1.82, 2.24) is 9.88 Å². The lowest BCUT2D eigenvalue weighted by atomic mass is 10.1. The highest BCUT2D eigenvalue weighted by molar-refractivity contribution is 8.00. The molecule has 0 spiro atoms. The first-order chi connectivity index (χ1) is 13.1. The van der Waals surface area contributed by atoms with Gasteiger partial charge in [-0.3, -0.25) is 4.79 Å². The van der Waals surface area contributed by atoms with Crippen molar-refractivity contribution in [2.75, 3.05) is 7.05 Å². The van der Waals surface area contributed by atoms with E-state index in [1.807, 2.05) is 61.1 Å². The van der Waals surface area contributed by atoms with Crippen molar-refractivity contribution in [3.05, 3.63) is 69.1 Å². The SMILES string of the molecule is Cc1csc(SCc2c(C(=O)N(C)Cc3cccs3)oc3ccccc23)n1. The van der Waals surface area contributed by atoms with Gasteiger partial charge in [-0.05, 0) is 24.4 Å². The highest BCUT2D eigenvalue weighted by atomic mass is 32.2. The average molecular weight is 415 g/mol. The van der Waals surface area contributed by atoms with Gasteiger partial charge >= 0.3 is 0 Å². The van der Waals surface area contributed by atoms with Crippen molar-refractivity contribution in [1.29, 1.82) is 0 Å². The van der Waals surface area contributed by atoms with E-state index in [-0.39, 0.29) is 5.91 Å². The van der Waals surface area contributed by atoms with E-state index in [1.54, 1.807) is 39.3 Å². The van der Waals surface area contributed by atoms with Crippen molar-refractivity contribution in [2.45, 2.75) is 23.6 Å². The molecule has 0 bridgehead atoms. The molecular formula is C20H18N2O2S3. The first kappa shape index (κ1) is 18.3. The molecule has 0 atom stereocenters. The molecule has 138 valence electrons. The second kappa shape index (κ2) is 7.88. The van der Waals surface area contributed by atoms with Gasteiger partial charge in [-0.25, -0.2) is 4.98 Å². The summed E-state index contributed by atoms with van der Waals surface area (Å²) in [5.74, 6) is 0.985. The fourth-order valence-electron chi connectivity index (χ4n) is 2.83. The number of hydrogen-bond donors (Lipinski definition) is 0. The van der Waals surface area contributed by atoms with Gasteiger partial charge in [-0.15, -0.1) is 22.7 Å². The van der Waals surface area contributed by atoms with Gasteiger partial charge < -0.3 is 9.32 Å². The number of aromatic nitrogens is 1. The summed E-state index contributed by atoms with van der Waals surface area (Å²) < 4.78 is 6.98. The van der Waals surface area contributed by atoms with Crippen molar-refractivity contribution >= 4 is 51.3 Å². The minimum Gasteiger partial charge on any atom is -0.451 e. The van der Waals surface area contributed by atoms with Crippen molar-refractivity contribution in [2.24, 2.45) is 0 Å². The Hall–Kier alpha value is -2.09. The van der Waals surface area contributed by atoms with E-state index in [9.17, 15) is 4.79 Å². The lowest BCUT2D eigenvalue weighted by Crippen LogP contribution is -2.26. The standard InChI is InChI=1S/C20H18N2O2S3/c1-13-11-26-20(21-13)27-12-16-15-7-3-4-8-17(15)24-18(16)19(23)22(2)10-14-6-5-9-25-14/h3-9,11H,10,12H2,1-2H3. The fraction of sp³-hybridized carbons (Fsp3) is 0.200. The summed E-state index contributed by atoms with van der Waals surface area (Å²) in [5.41, 5.74) is 2.70. The number of thiazole rings is 1. The van der Waals surface area contributed by atoms with Gasteiger partial charge in [0.15, 0.2) is 5.76 Å². The Morgan fingerprint density at radius 3 is 2.81 bits per heavy atom. The van der Waals surface area contributed by atoms with Gasteiger partial charge in [-0.1, -0.05) is 36.0 Å². The number of carbonyl (C=O) groups is 1. The van der Waals surface area contributed by atoms with Crippen LogP contribution in [0.5, 0.6) is 0 Å². The van der Waals surface area contributed by atoms with Crippen LogP contribution in [-0.2, 0) is 12.3 Å². The second-order valence-corrected chi connectivity index (χ2v) is 9.30. The third-order valence-corrected chi connectivity index (χ3v) is 7.18. The van der Waals surface area contributed by atoms with Gasteiger partial charge in [0.25, 0.3) is 5.91 Å². The van der Waals surface area contributed by atoms with Crippen LogP contribution in [0.25, 0.3) is 11.0 Å². The van der Waals surface area contributed by atoms with E-state index in [4.69, 9.17) is 4.42 Å². The predicted molar refractivity (Wildman–Crippen MR) is 113 cm³/mol. The average Bonchev–Trinajstić information content (AvgIpc) is 3.39. The monoisotopic (exact) mass is 414 g/mol. The van der Waals surface area contributed by atoms with Crippen LogP contribution in [0.4, 0.5) is 0 Å². The lowest BCUT2D eigenvalue weighted by Gasteiger charge is -2.15. The number of furan rings is 1.